The number of aromatic nitrogens is 5. The molecular formula is C46H41N5O8. The lowest BCUT2D eigenvalue weighted by molar-refractivity contribution is -0.133. The maximum absolute atomic E-state index is 15.2. The zero-order valence-corrected chi connectivity index (χ0v) is 32.9. The Morgan fingerprint density at radius 1 is 0.864 bits per heavy atom. The minimum absolute atomic E-state index is 0.00359. The Morgan fingerprint density at radius 2 is 1.56 bits per heavy atom. The molecule has 0 bridgehead atoms. The lowest BCUT2D eigenvalue weighted by Gasteiger charge is -2.54. The third kappa shape index (κ3) is 5.51. The van der Waals surface area contributed by atoms with E-state index < -0.39 is 34.7 Å². The van der Waals surface area contributed by atoms with E-state index >= 15 is 9.59 Å². The number of fused-ring (bicyclic) bond motifs is 5. The van der Waals surface area contributed by atoms with Crippen LogP contribution in [0.3, 0.4) is 0 Å². The molecule has 298 valence electrons. The van der Waals surface area contributed by atoms with Crippen molar-refractivity contribution in [3.8, 4) is 17.2 Å². The SMILES string of the molecule is COc1cc2nc(CCn3c(=O)n4n(c3=O)[C@@H]3C[C@H]5C(=O)C(c6ccccc6)=CC(=O)[C@@]5(c5ccccc5)[C@@H](c5cccc(C)c5O)C3=CC4)c(=O)n(C)c2cc1OC. The Morgan fingerprint density at radius 3 is 2.27 bits per heavy atom. The molecule has 1 aliphatic heterocycles. The van der Waals surface area contributed by atoms with Gasteiger partial charge >= 0.3 is 11.4 Å². The monoisotopic (exact) mass is 791 g/mol. The van der Waals surface area contributed by atoms with Crippen LogP contribution < -0.4 is 26.4 Å². The maximum Gasteiger partial charge on any atom is 0.347 e. The van der Waals surface area contributed by atoms with E-state index in [1.54, 1.807) is 50.4 Å². The van der Waals surface area contributed by atoms with E-state index in [0.717, 1.165) is 4.57 Å². The maximum atomic E-state index is 15.2. The fourth-order valence-electron chi connectivity index (χ4n) is 9.72. The van der Waals surface area contributed by atoms with E-state index in [1.165, 1.54) is 34.2 Å². The summed E-state index contributed by atoms with van der Waals surface area (Å²) in [4.78, 5) is 77.4. The van der Waals surface area contributed by atoms with Crippen molar-refractivity contribution in [2.75, 3.05) is 14.2 Å². The van der Waals surface area contributed by atoms with Crippen molar-refractivity contribution in [3.63, 3.8) is 0 Å². The third-order valence-corrected chi connectivity index (χ3v) is 12.5. The highest BCUT2D eigenvalue weighted by molar-refractivity contribution is 6.31. The molecule has 2 aromatic heterocycles. The Bertz CT molecular complexity index is 2970. The molecule has 9 rings (SSSR count). The first-order valence-electron chi connectivity index (χ1n) is 19.4. The largest absolute Gasteiger partial charge is 0.507 e. The number of rotatable bonds is 8. The number of aromatic hydroxyl groups is 1. The van der Waals surface area contributed by atoms with Gasteiger partial charge in [0.15, 0.2) is 23.1 Å². The highest BCUT2D eigenvalue weighted by Crippen LogP contribution is 2.62. The fraction of sp³-hybridized carbons (Fsp3) is 0.261. The summed E-state index contributed by atoms with van der Waals surface area (Å²) >= 11 is 0. The number of hydrogen-bond donors (Lipinski definition) is 1. The number of hydrogen-bond acceptors (Lipinski definition) is 9. The minimum atomic E-state index is -1.49. The van der Waals surface area contributed by atoms with Crippen LogP contribution in [0, 0.1) is 12.8 Å². The number of carbonyl (C=O) groups excluding carboxylic acids is 2. The van der Waals surface area contributed by atoms with E-state index in [-0.39, 0.29) is 60.1 Å². The topological polar surface area (TPSA) is 157 Å². The van der Waals surface area contributed by atoms with E-state index in [1.807, 2.05) is 60.7 Å². The van der Waals surface area contributed by atoms with Crippen molar-refractivity contribution >= 4 is 28.2 Å². The van der Waals surface area contributed by atoms with E-state index in [9.17, 15) is 19.5 Å². The molecule has 59 heavy (non-hydrogen) atoms. The summed E-state index contributed by atoms with van der Waals surface area (Å²) in [5, 5.41) is 11.8. The number of benzene rings is 4. The first kappa shape index (κ1) is 37.6. The van der Waals surface area contributed by atoms with Crippen molar-refractivity contribution in [2.45, 2.75) is 50.2 Å². The highest BCUT2D eigenvalue weighted by atomic mass is 16.5. The Hall–Kier alpha value is -7.02. The van der Waals surface area contributed by atoms with Gasteiger partial charge in [0, 0.05) is 55.1 Å². The van der Waals surface area contributed by atoms with Crippen molar-refractivity contribution < 1.29 is 24.2 Å². The van der Waals surface area contributed by atoms with Crippen LogP contribution in [0.25, 0.3) is 16.6 Å². The molecule has 2 aliphatic carbocycles. The quantitative estimate of drug-likeness (QED) is 0.214. The van der Waals surface area contributed by atoms with Crippen molar-refractivity contribution in [1.82, 2.24) is 23.5 Å². The number of ether oxygens (including phenoxy) is 2. The second-order valence-corrected chi connectivity index (χ2v) is 15.4. The number of aryl methyl sites for hydroxylation is 3. The van der Waals surface area contributed by atoms with Gasteiger partial charge in [-0.15, -0.1) is 0 Å². The molecule has 3 heterocycles. The summed E-state index contributed by atoms with van der Waals surface area (Å²) in [6.45, 7) is 1.62. The van der Waals surface area contributed by atoms with Crippen LogP contribution in [0.15, 0.2) is 123 Å². The zero-order valence-electron chi connectivity index (χ0n) is 32.9. The van der Waals surface area contributed by atoms with Crippen LogP contribution in [0.4, 0.5) is 0 Å². The van der Waals surface area contributed by atoms with Crippen molar-refractivity contribution in [3.05, 3.63) is 168 Å². The number of phenols is 1. The standard InChI is InChI=1S/C46H41N5O8/c1-26-12-11-17-30(41(26)53)40-29-18-21-50-44(56)49(20-19-33-43(55)48(2)36-25-38(59-4)37(58-3)24-34(36)47-33)45(57)51(50)35(29)23-32-42(54)31(27-13-7-5-8-14-27)22-39(52)46(32,40)28-15-9-6-10-16-28/h5-18,22,24-25,32,35,40,53H,19-21,23H2,1-4H3/t32-,35+,40+,46-/m0/s1. The van der Waals surface area contributed by atoms with Gasteiger partial charge in [-0.2, -0.15) is 0 Å². The van der Waals surface area contributed by atoms with Gasteiger partial charge in [0.1, 0.15) is 11.4 Å². The summed E-state index contributed by atoms with van der Waals surface area (Å²) < 4.78 is 16.2. The summed E-state index contributed by atoms with van der Waals surface area (Å²) in [5.41, 5.74) is 1.22. The Kier molecular flexibility index (Phi) is 8.98. The van der Waals surface area contributed by atoms with Gasteiger partial charge in [0.05, 0.1) is 43.3 Å². The van der Waals surface area contributed by atoms with Gasteiger partial charge in [-0.1, -0.05) is 84.9 Å². The number of nitrogens with zero attached hydrogens (tertiary/aromatic N) is 5. The summed E-state index contributed by atoms with van der Waals surface area (Å²) in [6.07, 6.45) is 3.31. The molecular weight excluding hydrogens is 751 g/mol. The number of ketones is 2. The molecule has 3 aliphatic rings. The molecule has 13 heteroatoms. The Labute approximate surface area is 337 Å². The molecule has 4 atom stereocenters. The molecule has 0 unspecified atom stereocenters. The van der Waals surface area contributed by atoms with Crippen LogP contribution >= 0.6 is 0 Å². The van der Waals surface area contributed by atoms with Crippen LogP contribution in [0.2, 0.25) is 0 Å². The summed E-state index contributed by atoms with van der Waals surface area (Å²) in [5.74, 6) is -1.59. The van der Waals surface area contributed by atoms with Crippen LogP contribution in [-0.2, 0) is 41.6 Å². The lowest BCUT2D eigenvalue weighted by atomic mass is 9.47. The van der Waals surface area contributed by atoms with E-state index in [4.69, 9.17) is 9.47 Å². The van der Waals surface area contributed by atoms with Crippen LogP contribution in [-0.4, -0.2) is 54.4 Å². The van der Waals surface area contributed by atoms with Gasteiger partial charge in [-0.05, 0) is 41.7 Å². The molecule has 4 aromatic carbocycles. The van der Waals surface area contributed by atoms with Crippen LogP contribution in [0.1, 0.15) is 46.3 Å². The molecule has 1 saturated carbocycles. The van der Waals surface area contributed by atoms with Gasteiger partial charge in [-0.25, -0.2) is 28.5 Å². The average molecular weight is 792 g/mol. The average Bonchev–Trinajstić information content (AvgIpc) is 3.51. The van der Waals surface area contributed by atoms with Gasteiger partial charge in [0.2, 0.25) is 0 Å². The smallest absolute Gasteiger partial charge is 0.347 e. The summed E-state index contributed by atoms with van der Waals surface area (Å²) in [6, 6.07) is 26.1. The van der Waals surface area contributed by atoms with E-state index in [2.05, 4.69) is 4.98 Å². The molecule has 6 aromatic rings. The van der Waals surface area contributed by atoms with Crippen molar-refractivity contribution in [1.29, 1.82) is 0 Å². The minimum Gasteiger partial charge on any atom is -0.507 e. The number of para-hydroxylation sites is 1. The highest BCUT2D eigenvalue weighted by Gasteiger charge is 2.63. The predicted octanol–water partition coefficient (Wildman–Crippen LogP) is 4.79. The van der Waals surface area contributed by atoms with E-state index in [0.29, 0.717) is 50.4 Å². The number of allylic oxidation sites excluding steroid dienone is 4. The first-order valence-corrected chi connectivity index (χ1v) is 19.4. The lowest BCUT2D eigenvalue weighted by Crippen LogP contribution is -2.58. The van der Waals surface area contributed by atoms with Gasteiger partial charge in [0.25, 0.3) is 5.56 Å². The fourth-order valence-corrected chi connectivity index (χ4v) is 9.72. The molecule has 1 fully saturated rings. The molecule has 0 spiro atoms. The second-order valence-electron chi connectivity index (χ2n) is 15.4. The zero-order chi connectivity index (χ0) is 41.3. The van der Waals surface area contributed by atoms with Gasteiger partial charge in [-0.3, -0.25) is 14.4 Å². The second kappa shape index (κ2) is 14.1. The molecule has 0 amide bonds. The van der Waals surface area contributed by atoms with Crippen LogP contribution in [0.5, 0.6) is 17.2 Å². The molecule has 0 saturated heterocycles. The van der Waals surface area contributed by atoms with Gasteiger partial charge < -0.3 is 19.1 Å². The number of phenolic OH excluding ortho intramolecular Hbond substituents is 1. The third-order valence-electron chi connectivity index (χ3n) is 12.5. The Balaban J connectivity index is 1.19. The number of Topliss-reactive ketones (excluding diaryl/α,β-unsaturated/α-hetero) is 1. The predicted molar refractivity (Wildman–Crippen MR) is 220 cm³/mol. The first-order chi connectivity index (χ1) is 28.5. The molecule has 1 N–H and O–H groups in total. The number of carbonyl (C=O) groups is 2. The number of methoxy groups -OCH3 is 2. The molecule has 13 nitrogen and oxygen atoms in total. The van der Waals surface area contributed by atoms with Crippen molar-refractivity contribution in [2.24, 2.45) is 13.0 Å². The normalized spacial score (nSPS) is 21.0. The summed E-state index contributed by atoms with van der Waals surface area (Å²) in [7, 11) is 4.62. The molecule has 0 radical (unpaired) electrons.